The Hall–Kier alpha value is -1.31. The molecule has 1 N–H and O–H groups in total. The Morgan fingerprint density at radius 2 is 1.79 bits per heavy atom. The number of aromatic nitrogens is 1. The lowest BCUT2D eigenvalue weighted by Gasteiger charge is -2.32. The number of ether oxygens (including phenoxy) is 1. The van der Waals surface area contributed by atoms with Crippen LogP contribution in [0.2, 0.25) is 5.15 Å². The van der Waals surface area contributed by atoms with Gasteiger partial charge >= 0.3 is 13.2 Å². The molecule has 1 aliphatic heterocycles. The summed E-state index contributed by atoms with van der Waals surface area (Å²) < 4.78 is 17.2. The summed E-state index contributed by atoms with van der Waals surface area (Å²) in [6, 6.07) is 1.68. The van der Waals surface area contributed by atoms with E-state index in [1.807, 2.05) is 27.7 Å². The lowest BCUT2D eigenvalue weighted by molar-refractivity contribution is 0.00578. The number of amides is 1. The maximum atomic E-state index is 11.9. The summed E-state index contributed by atoms with van der Waals surface area (Å²) in [5.74, 6) is 0. The van der Waals surface area contributed by atoms with Gasteiger partial charge < -0.3 is 14.0 Å². The van der Waals surface area contributed by atoms with Crippen molar-refractivity contribution in [1.29, 1.82) is 0 Å². The van der Waals surface area contributed by atoms with E-state index in [0.717, 1.165) is 0 Å². The molecule has 1 amide bonds. The highest BCUT2D eigenvalue weighted by molar-refractivity contribution is 6.62. The molecule has 0 spiro atoms. The highest BCUT2D eigenvalue weighted by Crippen LogP contribution is 2.36. The molecule has 0 aliphatic carbocycles. The van der Waals surface area contributed by atoms with Gasteiger partial charge in [0.2, 0.25) is 0 Å². The molecule has 0 radical (unpaired) electrons. The maximum Gasteiger partial charge on any atom is 0.496 e. The van der Waals surface area contributed by atoms with Crippen LogP contribution >= 0.6 is 11.6 Å². The van der Waals surface area contributed by atoms with Gasteiger partial charge in [-0.25, -0.2) is 9.78 Å². The third-order valence-electron chi connectivity index (χ3n) is 4.02. The largest absolute Gasteiger partial charge is 0.496 e. The van der Waals surface area contributed by atoms with Crippen LogP contribution < -0.4 is 10.8 Å². The van der Waals surface area contributed by atoms with Crippen molar-refractivity contribution in [3.8, 4) is 0 Å². The molecule has 0 saturated carbocycles. The van der Waals surface area contributed by atoms with E-state index >= 15 is 0 Å². The number of nitrogens with zero attached hydrogens (tertiary/aromatic N) is 1. The Bertz CT molecular complexity index is 627. The average Bonchev–Trinajstić information content (AvgIpc) is 2.59. The van der Waals surface area contributed by atoms with Gasteiger partial charge in [0.1, 0.15) is 5.60 Å². The number of carbonyl (C=O) groups is 1. The molecular formula is C16H24BClN2O4. The summed E-state index contributed by atoms with van der Waals surface area (Å²) in [6.07, 6.45) is 0.974. The molecular weight excluding hydrogens is 330 g/mol. The van der Waals surface area contributed by atoms with Gasteiger partial charge in [-0.15, -0.1) is 0 Å². The van der Waals surface area contributed by atoms with Crippen molar-refractivity contribution in [2.24, 2.45) is 0 Å². The molecule has 0 unspecified atom stereocenters. The lowest BCUT2D eigenvalue weighted by Crippen LogP contribution is -2.41. The van der Waals surface area contributed by atoms with Crippen LogP contribution in [0.3, 0.4) is 0 Å². The molecule has 0 aromatic carbocycles. The molecule has 0 atom stereocenters. The third-order valence-corrected chi connectivity index (χ3v) is 4.32. The zero-order valence-electron chi connectivity index (χ0n) is 15.2. The van der Waals surface area contributed by atoms with Gasteiger partial charge in [0.15, 0.2) is 5.15 Å². The number of pyridine rings is 1. The van der Waals surface area contributed by atoms with E-state index in [1.165, 1.54) is 0 Å². The second-order valence-corrected chi connectivity index (χ2v) is 8.18. The van der Waals surface area contributed by atoms with Crippen molar-refractivity contribution in [3.63, 3.8) is 0 Å². The van der Waals surface area contributed by atoms with E-state index in [9.17, 15) is 4.79 Å². The predicted octanol–water partition coefficient (Wildman–Crippen LogP) is 3.38. The smallest absolute Gasteiger partial charge is 0.444 e. The Morgan fingerprint density at radius 3 is 2.29 bits per heavy atom. The second-order valence-electron chi connectivity index (χ2n) is 7.82. The number of nitrogens with one attached hydrogen (secondary N) is 1. The molecule has 1 aromatic heterocycles. The number of carbonyl (C=O) groups excluding carboxylic acids is 1. The third kappa shape index (κ3) is 4.20. The summed E-state index contributed by atoms with van der Waals surface area (Å²) >= 11 is 6.07. The summed E-state index contributed by atoms with van der Waals surface area (Å²) in [4.78, 5) is 16.0. The van der Waals surface area contributed by atoms with Crippen molar-refractivity contribution in [2.75, 3.05) is 5.32 Å². The van der Waals surface area contributed by atoms with E-state index < -0.39 is 30.0 Å². The average molecular weight is 355 g/mol. The van der Waals surface area contributed by atoms with E-state index in [2.05, 4.69) is 10.3 Å². The first-order valence-corrected chi connectivity index (χ1v) is 8.20. The molecule has 8 heteroatoms. The molecule has 1 fully saturated rings. The Labute approximate surface area is 148 Å². The van der Waals surface area contributed by atoms with Crippen molar-refractivity contribution < 1.29 is 18.8 Å². The Kier molecular flexibility index (Phi) is 4.92. The first kappa shape index (κ1) is 19.0. The second kappa shape index (κ2) is 6.21. The fraction of sp³-hybridized carbons (Fsp3) is 0.625. The minimum absolute atomic E-state index is 0.168. The zero-order valence-corrected chi connectivity index (χ0v) is 15.9. The minimum Gasteiger partial charge on any atom is -0.444 e. The van der Waals surface area contributed by atoms with Gasteiger partial charge in [0, 0.05) is 11.7 Å². The van der Waals surface area contributed by atoms with Crippen molar-refractivity contribution in [1.82, 2.24) is 4.98 Å². The zero-order chi connectivity index (χ0) is 18.3. The molecule has 6 nitrogen and oxygen atoms in total. The van der Waals surface area contributed by atoms with Crippen LogP contribution in [0, 0.1) is 0 Å². The van der Waals surface area contributed by atoms with Crippen LogP contribution in [0.15, 0.2) is 12.3 Å². The van der Waals surface area contributed by atoms with Crippen LogP contribution in [0.25, 0.3) is 0 Å². The molecule has 0 bridgehead atoms. The highest BCUT2D eigenvalue weighted by Gasteiger charge is 2.51. The Balaban J connectivity index is 2.19. The maximum absolute atomic E-state index is 11.9. The van der Waals surface area contributed by atoms with Gasteiger partial charge in [0.05, 0.1) is 16.9 Å². The lowest BCUT2D eigenvalue weighted by atomic mass is 9.80. The van der Waals surface area contributed by atoms with Gasteiger partial charge in [-0.2, -0.15) is 0 Å². The molecule has 1 saturated heterocycles. The van der Waals surface area contributed by atoms with E-state index in [4.69, 9.17) is 25.6 Å². The standard InChI is InChI=1S/C16H24BClN2O4/c1-14(2,3)22-13(21)20-11-8-10(9-19-12(11)18)17-23-15(4,5)16(6,7)24-17/h8-9H,1-7H3,(H,20,21). The van der Waals surface area contributed by atoms with Gasteiger partial charge in [-0.1, -0.05) is 11.6 Å². The van der Waals surface area contributed by atoms with Gasteiger partial charge in [-0.3, -0.25) is 5.32 Å². The molecule has 1 aliphatic rings. The predicted molar refractivity (Wildman–Crippen MR) is 94.8 cm³/mol. The fourth-order valence-electron chi connectivity index (χ4n) is 2.07. The van der Waals surface area contributed by atoms with Crippen LogP contribution in [0.1, 0.15) is 48.5 Å². The number of hydrogen-bond acceptors (Lipinski definition) is 5. The summed E-state index contributed by atoms with van der Waals surface area (Å²) in [5, 5.41) is 2.77. The molecule has 2 heterocycles. The van der Waals surface area contributed by atoms with Crippen LogP contribution in [-0.2, 0) is 14.0 Å². The molecule has 2 rings (SSSR count). The first-order valence-electron chi connectivity index (χ1n) is 7.82. The fourth-order valence-corrected chi connectivity index (χ4v) is 2.22. The summed E-state index contributed by atoms with van der Waals surface area (Å²) in [5.41, 5.74) is -0.512. The van der Waals surface area contributed by atoms with Crippen LogP contribution in [0.4, 0.5) is 10.5 Å². The topological polar surface area (TPSA) is 69.7 Å². The SMILES string of the molecule is CC(C)(C)OC(=O)Nc1cc(B2OC(C)(C)C(C)(C)O2)cnc1Cl. The van der Waals surface area contributed by atoms with Crippen LogP contribution in [0.5, 0.6) is 0 Å². The summed E-state index contributed by atoms with van der Waals surface area (Å²) in [7, 11) is -0.584. The number of rotatable bonds is 2. The first-order chi connectivity index (χ1) is 10.8. The van der Waals surface area contributed by atoms with Crippen molar-refractivity contribution in [3.05, 3.63) is 17.4 Å². The van der Waals surface area contributed by atoms with Gasteiger partial charge in [0.25, 0.3) is 0 Å². The molecule has 132 valence electrons. The minimum atomic E-state index is -0.604. The monoisotopic (exact) mass is 354 g/mol. The Morgan fingerprint density at radius 1 is 1.25 bits per heavy atom. The van der Waals surface area contributed by atoms with Crippen LogP contribution in [-0.4, -0.2) is 35.0 Å². The number of hydrogen-bond donors (Lipinski definition) is 1. The summed E-state index contributed by atoms with van der Waals surface area (Å²) in [6.45, 7) is 13.2. The number of anilines is 1. The molecule has 1 aromatic rings. The van der Waals surface area contributed by atoms with E-state index in [0.29, 0.717) is 11.2 Å². The van der Waals surface area contributed by atoms with Crippen molar-refractivity contribution >= 4 is 36.0 Å². The molecule has 24 heavy (non-hydrogen) atoms. The highest BCUT2D eigenvalue weighted by atomic mass is 35.5. The number of halogens is 1. The van der Waals surface area contributed by atoms with E-state index in [-0.39, 0.29) is 5.15 Å². The van der Waals surface area contributed by atoms with Crippen molar-refractivity contribution in [2.45, 2.75) is 65.3 Å². The normalized spacial score (nSPS) is 19.2. The van der Waals surface area contributed by atoms with E-state index in [1.54, 1.807) is 33.0 Å². The quantitative estimate of drug-likeness (QED) is 0.651. The van der Waals surface area contributed by atoms with Gasteiger partial charge in [-0.05, 0) is 54.5 Å².